The number of anilines is 1. The highest BCUT2D eigenvalue weighted by Crippen LogP contribution is 2.31. The van der Waals surface area contributed by atoms with Crippen LogP contribution in [0.2, 0.25) is 0 Å². The minimum Gasteiger partial charge on any atom is -0.381 e. The van der Waals surface area contributed by atoms with E-state index in [4.69, 9.17) is 0 Å². The van der Waals surface area contributed by atoms with Gasteiger partial charge >= 0.3 is 0 Å². The first kappa shape index (κ1) is 14.4. The molecule has 1 aliphatic carbocycles. The molecule has 2 atom stereocenters. The van der Waals surface area contributed by atoms with Crippen molar-refractivity contribution < 1.29 is 0 Å². The predicted molar refractivity (Wildman–Crippen MR) is 82.5 cm³/mol. The smallest absolute Gasteiger partial charge is 0.0606 e. The van der Waals surface area contributed by atoms with E-state index in [1.54, 1.807) is 0 Å². The number of pyridine rings is 1. The average Bonchev–Trinajstić information content (AvgIpc) is 2.32. The van der Waals surface area contributed by atoms with Crippen molar-refractivity contribution in [2.45, 2.75) is 65.8 Å². The van der Waals surface area contributed by atoms with Crippen LogP contribution in [0.25, 0.3) is 0 Å². The summed E-state index contributed by atoms with van der Waals surface area (Å²) >= 11 is 0. The van der Waals surface area contributed by atoms with Crippen molar-refractivity contribution in [1.82, 2.24) is 4.98 Å². The molecule has 2 nitrogen and oxygen atoms in total. The number of aryl methyl sites for hydroxylation is 2. The maximum atomic E-state index is 4.54. The molecule has 1 aromatic heterocycles. The van der Waals surface area contributed by atoms with Crippen LogP contribution in [0.3, 0.4) is 0 Å². The van der Waals surface area contributed by atoms with Crippen LogP contribution in [-0.4, -0.2) is 11.0 Å². The molecule has 1 saturated carbocycles. The Morgan fingerprint density at radius 2 is 2.05 bits per heavy atom. The van der Waals surface area contributed by atoms with Gasteiger partial charge in [0.15, 0.2) is 0 Å². The van der Waals surface area contributed by atoms with Crippen molar-refractivity contribution in [3.05, 3.63) is 23.5 Å². The van der Waals surface area contributed by atoms with E-state index in [0.717, 1.165) is 23.2 Å². The van der Waals surface area contributed by atoms with Crippen molar-refractivity contribution in [1.29, 1.82) is 0 Å². The second-order valence-electron chi connectivity index (χ2n) is 6.59. The number of rotatable bonds is 4. The number of nitrogens with zero attached hydrogens (tertiary/aromatic N) is 1. The topological polar surface area (TPSA) is 24.9 Å². The number of hydrogen-bond donors (Lipinski definition) is 1. The molecule has 0 saturated heterocycles. The molecular weight excluding hydrogens is 232 g/mol. The van der Waals surface area contributed by atoms with Gasteiger partial charge in [-0.2, -0.15) is 0 Å². The molecule has 0 amide bonds. The number of hydrogen-bond acceptors (Lipinski definition) is 2. The zero-order chi connectivity index (χ0) is 13.8. The van der Waals surface area contributed by atoms with Gasteiger partial charge in [0.1, 0.15) is 0 Å². The maximum absolute atomic E-state index is 4.54. The lowest BCUT2D eigenvalue weighted by molar-refractivity contribution is 0.289. The summed E-state index contributed by atoms with van der Waals surface area (Å²) in [6.45, 7) is 8.83. The molecule has 106 valence electrons. The minimum absolute atomic E-state index is 0.640. The third-order valence-corrected chi connectivity index (χ3v) is 4.17. The summed E-state index contributed by atoms with van der Waals surface area (Å²) in [6.07, 6.45) is 6.80. The van der Waals surface area contributed by atoms with Crippen molar-refractivity contribution in [3.8, 4) is 0 Å². The van der Waals surface area contributed by atoms with Gasteiger partial charge in [0, 0.05) is 11.7 Å². The summed E-state index contributed by atoms with van der Waals surface area (Å²) in [5, 5.41) is 3.72. The van der Waals surface area contributed by atoms with Crippen LogP contribution in [0.15, 0.2) is 12.1 Å². The van der Waals surface area contributed by atoms with Crippen molar-refractivity contribution in [2.24, 2.45) is 11.8 Å². The van der Waals surface area contributed by atoms with Crippen LogP contribution in [-0.2, 0) is 0 Å². The molecule has 0 bridgehead atoms. The van der Waals surface area contributed by atoms with Gasteiger partial charge < -0.3 is 5.32 Å². The SMILES string of the molecule is Cc1ccc(NC2CCCC(CC(C)C)C2)c(C)n1. The van der Waals surface area contributed by atoms with E-state index in [9.17, 15) is 0 Å². The van der Waals surface area contributed by atoms with Crippen LogP contribution < -0.4 is 5.32 Å². The summed E-state index contributed by atoms with van der Waals surface area (Å²) in [5.41, 5.74) is 3.45. The van der Waals surface area contributed by atoms with Gasteiger partial charge in [-0.15, -0.1) is 0 Å². The van der Waals surface area contributed by atoms with Gasteiger partial charge in [0.05, 0.1) is 11.4 Å². The van der Waals surface area contributed by atoms with Crippen LogP contribution in [0.1, 0.15) is 57.3 Å². The van der Waals surface area contributed by atoms with Crippen LogP contribution in [0.4, 0.5) is 5.69 Å². The van der Waals surface area contributed by atoms with E-state index >= 15 is 0 Å². The monoisotopic (exact) mass is 260 g/mol. The summed E-state index contributed by atoms with van der Waals surface area (Å²) in [7, 11) is 0. The molecule has 1 aliphatic rings. The molecule has 0 aliphatic heterocycles. The van der Waals surface area contributed by atoms with Gasteiger partial charge in [0.25, 0.3) is 0 Å². The van der Waals surface area contributed by atoms with Crippen LogP contribution in [0, 0.1) is 25.7 Å². The first-order chi connectivity index (χ1) is 9.04. The normalized spacial score (nSPS) is 23.6. The van der Waals surface area contributed by atoms with Crippen molar-refractivity contribution in [2.75, 3.05) is 5.32 Å². The zero-order valence-electron chi connectivity index (χ0n) is 12.9. The molecule has 1 fully saturated rings. The lowest BCUT2D eigenvalue weighted by Gasteiger charge is -2.31. The Balaban J connectivity index is 1.94. The van der Waals surface area contributed by atoms with E-state index in [-0.39, 0.29) is 0 Å². The summed E-state index contributed by atoms with van der Waals surface area (Å²) in [6, 6.07) is 4.92. The van der Waals surface area contributed by atoms with E-state index in [1.807, 2.05) is 0 Å². The van der Waals surface area contributed by atoms with Gasteiger partial charge in [-0.25, -0.2) is 0 Å². The second-order valence-corrected chi connectivity index (χ2v) is 6.59. The first-order valence-corrected chi connectivity index (χ1v) is 7.75. The molecule has 1 N–H and O–H groups in total. The molecule has 1 heterocycles. The Morgan fingerprint density at radius 1 is 1.26 bits per heavy atom. The molecule has 2 unspecified atom stereocenters. The van der Waals surface area contributed by atoms with Crippen LogP contribution >= 0.6 is 0 Å². The highest BCUT2D eigenvalue weighted by Gasteiger charge is 2.22. The third-order valence-electron chi connectivity index (χ3n) is 4.17. The Labute approximate surface area is 118 Å². The molecule has 1 aromatic rings. The van der Waals surface area contributed by atoms with Gasteiger partial charge in [0.2, 0.25) is 0 Å². The maximum Gasteiger partial charge on any atom is 0.0606 e. The van der Waals surface area contributed by atoms with Gasteiger partial charge in [-0.05, 0) is 57.1 Å². The van der Waals surface area contributed by atoms with Gasteiger partial charge in [-0.1, -0.05) is 26.7 Å². The molecule has 2 heteroatoms. The fourth-order valence-electron chi connectivity index (χ4n) is 3.36. The first-order valence-electron chi connectivity index (χ1n) is 7.75. The molecule has 0 radical (unpaired) electrons. The number of aromatic nitrogens is 1. The Morgan fingerprint density at radius 3 is 2.74 bits per heavy atom. The number of nitrogens with one attached hydrogen (secondary N) is 1. The van der Waals surface area contributed by atoms with Gasteiger partial charge in [-0.3, -0.25) is 4.98 Å². The third kappa shape index (κ3) is 4.22. The minimum atomic E-state index is 0.640. The molecule has 2 rings (SSSR count). The average molecular weight is 260 g/mol. The molecular formula is C17H28N2. The summed E-state index contributed by atoms with van der Waals surface area (Å²) in [4.78, 5) is 4.54. The van der Waals surface area contributed by atoms with E-state index in [1.165, 1.54) is 37.8 Å². The lowest BCUT2D eigenvalue weighted by atomic mass is 9.81. The predicted octanol–water partition coefficient (Wildman–Crippen LogP) is 4.72. The van der Waals surface area contributed by atoms with Crippen molar-refractivity contribution in [3.63, 3.8) is 0 Å². The fourth-order valence-corrected chi connectivity index (χ4v) is 3.36. The van der Waals surface area contributed by atoms with E-state index in [2.05, 4.69) is 50.1 Å². The van der Waals surface area contributed by atoms with E-state index < -0.39 is 0 Å². The second kappa shape index (κ2) is 6.40. The summed E-state index contributed by atoms with van der Waals surface area (Å²) in [5.74, 6) is 1.73. The van der Waals surface area contributed by atoms with Crippen LogP contribution in [0.5, 0.6) is 0 Å². The fraction of sp³-hybridized carbons (Fsp3) is 0.706. The lowest BCUT2D eigenvalue weighted by Crippen LogP contribution is -2.28. The Bertz CT molecular complexity index is 412. The highest BCUT2D eigenvalue weighted by molar-refractivity contribution is 5.48. The molecule has 19 heavy (non-hydrogen) atoms. The summed E-state index contributed by atoms with van der Waals surface area (Å²) < 4.78 is 0. The van der Waals surface area contributed by atoms with Crippen molar-refractivity contribution >= 4 is 5.69 Å². The zero-order valence-corrected chi connectivity index (χ0v) is 12.9. The molecule has 0 aromatic carbocycles. The largest absolute Gasteiger partial charge is 0.381 e. The Hall–Kier alpha value is -1.05. The van der Waals surface area contributed by atoms with E-state index in [0.29, 0.717) is 6.04 Å². The quantitative estimate of drug-likeness (QED) is 0.847. The Kier molecular flexibility index (Phi) is 4.84. The highest BCUT2D eigenvalue weighted by atomic mass is 14.9. The molecule has 0 spiro atoms. The standard InChI is InChI=1S/C17H28N2/c1-12(2)10-15-6-5-7-16(11-15)19-17-9-8-13(3)18-14(17)4/h8-9,12,15-16,19H,5-7,10-11H2,1-4H3.